The molecule has 18 heavy (non-hydrogen) atoms. The number of halogens is 1. The van der Waals surface area contributed by atoms with E-state index in [1.807, 2.05) is 12.1 Å². The van der Waals surface area contributed by atoms with Crippen LogP contribution in [0.25, 0.3) is 0 Å². The van der Waals surface area contributed by atoms with Crippen LogP contribution in [0, 0.1) is 5.92 Å². The van der Waals surface area contributed by atoms with Gasteiger partial charge in [-0.3, -0.25) is 0 Å². The fourth-order valence-corrected chi connectivity index (χ4v) is 3.37. The predicted octanol–water partition coefficient (Wildman–Crippen LogP) is 2.79. The first-order valence-corrected chi connectivity index (χ1v) is 7.94. The molecular formula is C13H20ClNO2S. The molecule has 0 aliphatic rings. The van der Waals surface area contributed by atoms with E-state index >= 15 is 0 Å². The summed E-state index contributed by atoms with van der Waals surface area (Å²) in [4.78, 5) is 0.321. The summed E-state index contributed by atoms with van der Waals surface area (Å²) in [7, 11) is -2.00. The van der Waals surface area contributed by atoms with Crippen LogP contribution in [0.3, 0.4) is 0 Å². The minimum Gasteiger partial charge on any atom is -0.214 e. The van der Waals surface area contributed by atoms with Gasteiger partial charge in [-0.15, -0.1) is 11.6 Å². The van der Waals surface area contributed by atoms with Crippen molar-refractivity contribution >= 4 is 21.6 Å². The summed E-state index contributed by atoms with van der Waals surface area (Å²) >= 11 is 6.26. The quantitative estimate of drug-likeness (QED) is 0.819. The molecule has 0 saturated carbocycles. The Kier molecular flexibility index (Phi) is 5.63. The summed E-state index contributed by atoms with van der Waals surface area (Å²) < 4.78 is 26.1. The zero-order valence-corrected chi connectivity index (χ0v) is 12.6. The van der Waals surface area contributed by atoms with E-state index in [2.05, 4.69) is 18.6 Å². The van der Waals surface area contributed by atoms with Gasteiger partial charge in [0.05, 0.1) is 4.90 Å². The number of sulfonamides is 1. The largest absolute Gasteiger partial charge is 0.240 e. The lowest BCUT2D eigenvalue weighted by Gasteiger charge is -2.14. The Bertz CT molecular complexity index is 486. The molecular weight excluding hydrogens is 270 g/mol. The third-order valence-electron chi connectivity index (χ3n) is 2.70. The van der Waals surface area contributed by atoms with Gasteiger partial charge in [-0.2, -0.15) is 0 Å². The molecule has 0 heterocycles. The maximum Gasteiger partial charge on any atom is 0.240 e. The van der Waals surface area contributed by atoms with Crippen LogP contribution in [0.15, 0.2) is 29.2 Å². The molecule has 0 aromatic heterocycles. The third-order valence-corrected chi connectivity index (χ3v) is 4.55. The zero-order chi connectivity index (χ0) is 13.8. The van der Waals surface area contributed by atoms with Crippen molar-refractivity contribution in [2.75, 3.05) is 7.05 Å². The van der Waals surface area contributed by atoms with Crippen LogP contribution >= 0.6 is 11.6 Å². The first-order valence-electron chi connectivity index (χ1n) is 6.02. The Hall–Kier alpha value is -0.580. The van der Waals surface area contributed by atoms with Crippen molar-refractivity contribution in [3.05, 3.63) is 29.8 Å². The molecule has 102 valence electrons. The van der Waals surface area contributed by atoms with Crippen LogP contribution in [-0.4, -0.2) is 20.8 Å². The molecule has 0 radical (unpaired) electrons. The molecule has 0 spiro atoms. The molecule has 1 N–H and O–H groups in total. The molecule has 1 aromatic carbocycles. The number of nitrogens with one attached hydrogen (secondary N) is 1. The predicted molar refractivity (Wildman–Crippen MR) is 75.5 cm³/mol. The topological polar surface area (TPSA) is 46.2 Å². The van der Waals surface area contributed by atoms with Crippen molar-refractivity contribution in [1.29, 1.82) is 0 Å². The van der Waals surface area contributed by atoms with E-state index in [0.29, 0.717) is 17.2 Å². The third kappa shape index (κ3) is 4.26. The second-order valence-corrected chi connectivity index (χ2v) is 7.22. The van der Waals surface area contributed by atoms with Crippen molar-refractivity contribution in [3.8, 4) is 0 Å². The molecule has 0 amide bonds. The van der Waals surface area contributed by atoms with Gasteiger partial charge in [-0.1, -0.05) is 32.0 Å². The molecule has 0 aliphatic carbocycles. The number of rotatable bonds is 6. The molecule has 0 fully saturated rings. The second-order valence-electron chi connectivity index (χ2n) is 4.75. The minimum atomic E-state index is -3.41. The lowest BCUT2D eigenvalue weighted by atomic mass is 10.0. The van der Waals surface area contributed by atoms with Crippen molar-refractivity contribution in [2.45, 2.75) is 37.0 Å². The fourth-order valence-electron chi connectivity index (χ4n) is 1.88. The summed E-state index contributed by atoms with van der Waals surface area (Å²) in [6, 6.07) is 6.99. The van der Waals surface area contributed by atoms with E-state index in [9.17, 15) is 8.42 Å². The number of benzene rings is 1. The first-order chi connectivity index (χ1) is 8.36. The van der Waals surface area contributed by atoms with E-state index in [0.717, 1.165) is 12.0 Å². The standard InChI is InChI=1S/C13H20ClNO2S/c1-10(2)8-12(14)9-11-6-4-5-7-13(11)18(16,17)15-3/h4-7,10,12,15H,8-9H2,1-3H3. The van der Waals surface area contributed by atoms with E-state index < -0.39 is 10.0 Å². The molecule has 1 rings (SSSR count). The van der Waals surface area contributed by atoms with Crippen LogP contribution in [0.2, 0.25) is 0 Å². The first kappa shape index (κ1) is 15.5. The Morgan fingerprint density at radius 3 is 2.44 bits per heavy atom. The summed E-state index contributed by atoms with van der Waals surface area (Å²) in [6.07, 6.45) is 1.44. The Morgan fingerprint density at radius 2 is 1.89 bits per heavy atom. The van der Waals surface area contributed by atoms with Gasteiger partial charge < -0.3 is 0 Å². The van der Waals surface area contributed by atoms with Crippen LogP contribution < -0.4 is 4.72 Å². The van der Waals surface area contributed by atoms with Crippen molar-refractivity contribution < 1.29 is 8.42 Å². The second kappa shape index (κ2) is 6.55. The highest BCUT2D eigenvalue weighted by Gasteiger charge is 2.18. The van der Waals surface area contributed by atoms with E-state index in [1.54, 1.807) is 12.1 Å². The normalized spacial score (nSPS) is 13.8. The fraction of sp³-hybridized carbons (Fsp3) is 0.538. The summed E-state index contributed by atoms with van der Waals surface area (Å²) in [5.41, 5.74) is 0.771. The molecule has 1 aromatic rings. The minimum absolute atomic E-state index is 0.0433. The van der Waals surface area contributed by atoms with Crippen LogP contribution in [-0.2, 0) is 16.4 Å². The lowest BCUT2D eigenvalue weighted by molar-refractivity contribution is 0.558. The highest BCUT2D eigenvalue weighted by atomic mass is 35.5. The van der Waals surface area contributed by atoms with Crippen molar-refractivity contribution in [3.63, 3.8) is 0 Å². The van der Waals surface area contributed by atoms with Crippen LogP contribution in [0.4, 0.5) is 0 Å². The average molecular weight is 290 g/mol. The van der Waals surface area contributed by atoms with E-state index in [4.69, 9.17) is 11.6 Å². The van der Waals surface area contributed by atoms with Gasteiger partial charge >= 0.3 is 0 Å². The molecule has 1 unspecified atom stereocenters. The molecule has 0 saturated heterocycles. The monoisotopic (exact) mass is 289 g/mol. The smallest absolute Gasteiger partial charge is 0.214 e. The maximum atomic E-state index is 11.9. The average Bonchev–Trinajstić information content (AvgIpc) is 2.28. The van der Waals surface area contributed by atoms with E-state index in [1.165, 1.54) is 7.05 Å². The van der Waals surface area contributed by atoms with Crippen LogP contribution in [0.5, 0.6) is 0 Å². The number of hydrogen-bond donors (Lipinski definition) is 1. The van der Waals surface area contributed by atoms with Gasteiger partial charge in [0.2, 0.25) is 10.0 Å². The number of hydrogen-bond acceptors (Lipinski definition) is 2. The van der Waals surface area contributed by atoms with Gasteiger partial charge in [-0.05, 0) is 37.4 Å². The highest BCUT2D eigenvalue weighted by Crippen LogP contribution is 2.21. The van der Waals surface area contributed by atoms with Gasteiger partial charge in [0, 0.05) is 5.38 Å². The maximum absolute atomic E-state index is 11.9. The Morgan fingerprint density at radius 1 is 1.28 bits per heavy atom. The van der Waals surface area contributed by atoms with E-state index in [-0.39, 0.29) is 5.38 Å². The lowest BCUT2D eigenvalue weighted by Crippen LogP contribution is -2.21. The van der Waals surface area contributed by atoms with Gasteiger partial charge in [-0.25, -0.2) is 13.1 Å². The van der Waals surface area contributed by atoms with Gasteiger partial charge in [0.15, 0.2) is 0 Å². The molecule has 5 heteroatoms. The summed E-state index contributed by atoms with van der Waals surface area (Å²) in [6.45, 7) is 4.21. The summed E-state index contributed by atoms with van der Waals surface area (Å²) in [5, 5.41) is -0.0433. The molecule has 1 atom stereocenters. The Balaban J connectivity index is 2.97. The van der Waals surface area contributed by atoms with Gasteiger partial charge in [0.25, 0.3) is 0 Å². The van der Waals surface area contributed by atoms with Crippen molar-refractivity contribution in [2.24, 2.45) is 5.92 Å². The molecule has 0 aliphatic heterocycles. The highest BCUT2D eigenvalue weighted by molar-refractivity contribution is 7.89. The molecule has 0 bridgehead atoms. The Labute approximate surface area is 115 Å². The SMILES string of the molecule is CNS(=O)(=O)c1ccccc1CC(Cl)CC(C)C. The van der Waals surface area contributed by atoms with Gasteiger partial charge in [0.1, 0.15) is 0 Å². The molecule has 3 nitrogen and oxygen atoms in total. The van der Waals surface area contributed by atoms with Crippen molar-refractivity contribution in [1.82, 2.24) is 4.72 Å². The summed E-state index contributed by atoms with van der Waals surface area (Å²) in [5.74, 6) is 0.501. The number of alkyl halides is 1. The van der Waals surface area contributed by atoms with Crippen LogP contribution in [0.1, 0.15) is 25.8 Å². The zero-order valence-electron chi connectivity index (χ0n) is 11.0.